The van der Waals surface area contributed by atoms with E-state index in [1.807, 2.05) is 6.07 Å². The molecule has 0 aromatic heterocycles. The van der Waals surface area contributed by atoms with Gasteiger partial charge in [0.15, 0.2) is 0 Å². The van der Waals surface area contributed by atoms with E-state index in [0.29, 0.717) is 5.75 Å². The summed E-state index contributed by atoms with van der Waals surface area (Å²) in [5, 5.41) is 21.2. The number of para-hydroxylation sites is 1. The standard InChI is InChI=1S/C10H11NO3S/c12-8-4-2-1-3-6(8)9-11-7(5-15-9)10(13)14/h1-4,7,9,11-12H,5H2,(H,13,14). The second kappa shape index (κ2) is 4.12. The summed E-state index contributed by atoms with van der Waals surface area (Å²) in [5.74, 6) is -0.122. The largest absolute Gasteiger partial charge is 0.508 e. The number of phenolic OH excluding ortho intramolecular Hbond substituents is 1. The summed E-state index contributed by atoms with van der Waals surface area (Å²) in [6, 6.07) is 6.44. The average molecular weight is 225 g/mol. The predicted octanol–water partition coefficient (Wildman–Crippen LogP) is 1.18. The molecule has 1 aromatic rings. The van der Waals surface area contributed by atoms with Crippen LogP contribution in [0.2, 0.25) is 0 Å². The van der Waals surface area contributed by atoms with Crippen LogP contribution in [0.3, 0.4) is 0 Å². The average Bonchev–Trinajstić information content (AvgIpc) is 2.67. The third-order valence-corrected chi connectivity index (χ3v) is 3.55. The van der Waals surface area contributed by atoms with Gasteiger partial charge in [-0.1, -0.05) is 18.2 Å². The summed E-state index contributed by atoms with van der Waals surface area (Å²) >= 11 is 1.49. The number of hydrogen-bond acceptors (Lipinski definition) is 4. The smallest absolute Gasteiger partial charge is 0.321 e. The minimum Gasteiger partial charge on any atom is -0.508 e. The molecule has 80 valence electrons. The number of nitrogens with one attached hydrogen (secondary N) is 1. The molecule has 0 spiro atoms. The van der Waals surface area contributed by atoms with Crippen molar-refractivity contribution < 1.29 is 15.0 Å². The molecule has 5 heteroatoms. The Bertz CT molecular complexity index is 383. The zero-order valence-electron chi connectivity index (χ0n) is 7.88. The molecule has 0 aliphatic carbocycles. The molecule has 0 radical (unpaired) electrons. The van der Waals surface area contributed by atoms with Gasteiger partial charge >= 0.3 is 5.97 Å². The van der Waals surface area contributed by atoms with Gasteiger partial charge in [0.05, 0.1) is 5.37 Å². The zero-order valence-corrected chi connectivity index (χ0v) is 8.70. The second-order valence-electron chi connectivity index (χ2n) is 3.33. The third-order valence-electron chi connectivity index (χ3n) is 2.30. The van der Waals surface area contributed by atoms with Gasteiger partial charge < -0.3 is 10.2 Å². The number of thioether (sulfide) groups is 1. The molecule has 15 heavy (non-hydrogen) atoms. The number of carbonyl (C=O) groups is 1. The number of aromatic hydroxyl groups is 1. The minimum atomic E-state index is -0.847. The van der Waals surface area contributed by atoms with Crippen molar-refractivity contribution >= 4 is 17.7 Å². The van der Waals surface area contributed by atoms with Gasteiger partial charge in [0.1, 0.15) is 11.8 Å². The van der Waals surface area contributed by atoms with Gasteiger partial charge in [-0.05, 0) is 6.07 Å². The Balaban J connectivity index is 2.14. The van der Waals surface area contributed by atoms with Crippen LogP contribution in [0.15, 0.2) is 24.3 Å². The van der Waals surface area contributed by atoms with Crippen LogP contribution < -0.4 is 5.32 Å². The Morgan fingerprint density at radius 1 is 1.47 bits per heavy atom. The maximum Gasteiger partial charge on any atom is 0.321 e. The van der Waals surface area contributed by atoms with Crippen LogP contribution in [-0.4, -0.2) is 28.0 Å². The first-order chi connectivity index (χ1) is 7.18. The highest BCUT2D eigenvalue weighted by molar-refractivity contribution is 7.99. The normalized spacial score (nSPS) is 25.3. The fourth-order valence-electron chi connectivity index (χ4n) is 1.50. The first kappa shape index (κ1) is 10.3. The van der Waals surface area contributed by atoms with Crippen LogP contribution in [0.1, 0.15) is 10.9 Å². The van der Waals surface area contributed by atoms with Gasteiger partial charge in [-0.3, -0.25) is 10.1 Å². The number of aliphatic carboxylic acids is 1. The molecule has 3 N–H and O–H groups in total. The molecule has 1 aromatic carbocycles. The number of phenols is 1. The van der Waals surface area contributed by atoms with Gasteiger partial charge in [-0.25, -0.2) is 0 Å². The maximum absolute atomic E-state index is 10.7. The first-order valence-electron chi connectivity index (χ1n) is 4.57. The van der Waals surface area contributed by atoms with E-state index in [2.05, 4.69) is 5.32 Å². The lowest BCUT2D eigenvalue weighted by molar-refractivity contribution is -0.138. The molecule has 2 atom stereocenters. The van der Waals surface area contributed by atoms with Crippen molar-refractivity contribution in [3.63, 3.8) is 0 Å². The van der Waals surface area contributed by atoms with E-state index in [1.54, 1.807) is 18.2 Å². The fourth-order valence-corrected chi connectivity index (χ4v) is 2.77. The topological polar surface area (TPSA) is 69.6 Å². The van der Waals surface area contributed by atoms with Crippen LogP contribution in [0.25, 0.3) is 0 Å². The highest BCUT2D eigenvalue weighted by Gasteiger charge is 2.31. The quantitative estimate of drug-likeness (QED) is 0.705. The van der Waals surface area contributed by atoms with Gasteiger partial charge in [-0.15, -0.1) is 11.8 Å². The molecule has 1 fully saturated rings. The summed E-state index contributed by atoms with van der Waals surface area (Å²) in [4.78, 5) is 10.7. The number of carboxylic acid groups (broad SMARTS) is 1. The van der Waals surface area contributed by atoms with Crippen molar-refractivity contribution in [1.82, 2.24) is 5.32 Å². The molecule has 1 aliphatic heterocycles. The molecule has 2 rings (SSSR count). The number of hydrogen-bond donors (Lipinski definition) is 3. The first-order valence-corrected chi connectivity index (χ1v) is 5.61. The van der Waals surface area contributed by atoms with Crippen molar-refractivity contribution in [3.8, 4) is 5.75 Å². The molecular weight excluding hydrogens is 214 g/mol. The fraction of sp³-hybridized carbons (Fsp3) is 0.300. The van der Waals surface area contributed by atoms with Gasteiger partial charge in [0.25, 0.3) is 0 Å². The van der Waals surface area contributed by atoms with Crippen LogP contribution in [0.5, 0.6) is 5.75 Å². The summed E-state index contributed by atoms with van der Waals surface area (Å²) in [6.07, 6.45) is 0. The SMILES string of the molecule is O=C(O)C1CSC(c2ccccc2O)N1. The Morgan fingerprint density at radius 2 is 2.20 bits per heavy atom. The minimum absolute atomic E-state index is 0.132. The lowest BCUT2D eigenvalue weighted by atomic mass is 10.2. The Kier molecular flexibility index (Phi) is 2.83. The molecule has 1 heterocycles. The van der Waals surface area contributed by atoms with Crippen LogP contribution in [0, 0.1) is 0 Å². The highest BCUT2D eigenvalue weighted by atomic mass is 32.2. The predicted molar refractivity (Wildman–Crippen MR) is 57.9 cm³/mol. The van der Waals surface area contributed by atoms with E-state index >= 15 is 0 Å². The molecule has 0 amide bonds. The van der Waals surface area contributed by atoms with E-state index in [0.717, 1.165) is 5.56 Å². The van der Waals surface area contributed by atoms with E-state index in [1.165, 1.54) is 11.8 Å². The lowest BCUT2D eigenvalue weighted by Crippen LogP contribution is -2.33. The summed E-state index contributed by atoms with van der Waals surface area (Å²) in [6.45, 7) is 0. The molecule has 0 saturated carbocycles. The van der Waals surface area contributed by atoms with Crippen LogP contribution in [0.4, 0.5) is 0 Å². The summed E-state index contributed by atoms with van der Waals surface area (Å²) < 4.78 is 0. The van der Waals surface area contributed by atoms with Crippen molar-refractivity contribution in [2.45, 2.75) is 11.4 Å². The molecule has 4 nitrogen and oxygen atoms in total. The molecule has 1 saturated heterocycles. The van der Waals surface area contributed by atoms with E-state index in [-0.39, 0.29) is 11.1 Å². The molecule has 1 aliphatic rings. The van der Waals surface area contributed by atoms with E-state index in [9.17, 15) is 9.90 Å². The molecule has 2 unspecified atom stereocenters. The number of benzene rings is 1. The van der Waals surface area contributed by atoms with Gasteiger partial charge in [-0.2, -0.15) is 0 Å². The maximum atomic E-state index is 10.7. The van der Waals surface area contributed by atoms with Crippen LogP contribution >= 0.6 is 11.8 Å². The Labute approximate surface area is 91.3 Å². The van der Waals surface area contributed by atoms with Gasteiger partial charge in [0, 0.05) is 11.3 Å². The molecular formula is C10H11NO3S. The summed E-state index contributed by atoms with van der Waals surface area (Å²) in [7, 11) is 0. The van der Waals surface area contributed by atoms with Crippen molar-refractivity contribution in [3.05, 3.63) is 29.8 Å². The second-order valence-corrected chi connectivity index (χ2v) is 4.47. The lowest BCUT2D eigenvalue weighted by Gasteiger charge is -2.12. The van der Waals surface area contributed by atoms with Gasteiger partial charge in [0.2, 0.25) is 0 Å². The third kappa shape index (κ3) is 2.08. The number of carboxylic acids is 1. The van der Waals surface area contributed by atoms with E-state index < -0.39 is 12.0 Å². The number of rotatable bonds is 2. The zero-order chi connectivity index (χ0) is 10.8. The molecule has 0 bridgehead atoms. The van der Waals surface area contributed by atoms with E-state index in [4.69, 9.17) is 5.11 Å². The highest BCUT2D eigenvalue weighted by Crippen LogP contribution is 2.36. The van der Waals surface area contributed by atoms with Crippen LogP contribution in [-0.2, 0) is 4.79 Å². The monoisotopic (exact) mass is 225 g/mol. The summed E-state index contributed by atoms with van der Waals surface area (Å²) in [5.41, 5.74) is 0.742. The van der Waals surface area contributed by atoms with Crippen molar-refractivity contribution in [2.75, 3.05) is 5.75 Å². The van der Waals surface area contributed by atoms with Crippen molar-refractivity contribution in [1.29, 1.82) is 0 Å². The Hall–Kier alpha value is -1.20. The Morgan fingerprint density at radius 3 is 2.80 bits per heavy atom. The van der Waals surface area contributed by atoms with Crippen molar-refractivity contribution in [2.24, 2.45) is 0 Å².